The van der Waals surface area contributed by atoms with E-state index in [-0.39, 0.29) is 12.5 Å². The summed E-state index contributed by atoms with van der Waals surface area (Å²) >= 11 is 0. The molecule has 1 fully saturated rings. The maximum absolute atomic E-state index is 11.6. The normalized spacial score (nSPS) is 21.4. The summed E-state index contributed by atoms with van der Waals surface area (Å²) in [5, 5.41) is 21.0. The van der Waals surface area contributed by atoms with Crippen LogP contribution in [0.25, 0.3) is 0 Å². The van der Waals surface area contributed by atoms with Gasteiger partial charge in [0, 0.05) is 6.54 Å². The van der Waals surface area contributed by atoms with E-state index in [1.54, 1.807) is 4.90 Å². The van der Waals surface area contributed by atoms with Crippen LogP contribution in [0.2, 0.25) is 0 Å². The Morgan fingerprint density at radius 1 is 1.64 bits per heavy atom. The van der Waals surface area contributed by atoms with Gasteiger partial charge in [-0.2, -0.15) is 0 Å². The summed E-state index contributed by atoms with van der Waals surface area (Å²) in [6, 6.07) is 0. The molecule has 1 aliphatic heterocycles. The van der Waals surface area contributed by atoms with Crippen molar-refractivity contribution in [2.24, 2.45) is 0 Å². The summed E-state index contributed by atoms with van der Waals surface area (Å²) in [6.07, 6.45) is 1.52. The zero-order valence-corrected chi connectivity index (χ0v) is 8.44. The fourth-order valence-electron chi connectivity index (χ4n) is 1.75. The van der Waals surface area contributed by atoms with Gasteiger partial charge in [0.25, 0.3) is 0 Å². The standard InChI is InChI=1S/C8H17BN2O3/c1-2-10-6-8(12)11-5-3-4-7(11)9(13)14/h7,10,13-14H,2-6H2,1H3/t7-/m0/s1. The van der Waals surface area contributed by atoms with Crippen LogP contribution in [0, 0.1) is 0 Å². The fraction of sp³-hybridized carbons (Fsp3) is 0.875. The van der Waals surface area contributed by atoms with Crippen LogP contribution in [0.5, 0.6) is 0 Å². The van der Waals surface area contributed by atoms with E-state index in [1.165, 1.54) is 0 Å². The number of hydrogen-bond acceptors (Lipinski definition) is 4. The van der Waals surface area contributed by atoms with Crippen LogP contribution in [0.3, 0.4) is 0 Å². The lowest BCUT2D eigenvalue weighted by Gasteiger charge is -2.23. The van der Waals surface area contributed by atoms with Crippen LogP contribution < -0.4 is 5.32 Å². The van der Waals surface area contributed by atoms with E-state index < -0.39 is 13.1 Å². The quantitative estimate of drug-likeness (QED) is 0.488. The number of likely N-dealkylation sites (N-methyl/N-ethyl adjacent to an activating group) is 1. The lowest BCUT2D eigenvalue weighted by atomic mass is 9.78. The Hall–Kier alpha value is -0.585. The zero-order valence-electron chi connectivity index (χ0n) is 8.44. The maximum Gasteiger partial charge on any atom is 0.475 e. The Morgan fingerprint density at radius 2 is 2.36 bits per heavy atom. The van der Waals surface area contributed by atoms with Gasteiger partial charge < -0.3 is 20.3 Å². The minimum atomic E-state index is -1.41. The first-order chi connectivity index (χ1) is 6.66. The van der Waals surface area contributed by atoms with Gasteiger partial charge in [0.05, 0.1) is 12.5 Å². The number of rotatable bonds is 4. The third kappa shape index (κ3) is 2.70. The molecule has 5 nitrogen and oxygen atoms in total. The Balaban J connectivity index is 2.45. The summed E-state index contributed by atoms with van der Waals surface area (Å²) in [6.45, 7) is 3.58. The molecular formula is C8H17BN2O3. The van der Waals surface area contributed by atoms with Crippen LogP contribution >= 0.6 is 0 Å². The van der Waals surface area contributed by atoms with Gasteiger partial charge in [-0.05, 0) is 19.4 Å². The number of likely N-dealkylation sites (tertiary alicyclic amines) is 1. The van der Waals surface area contributed by atoms with Crippen LogP contribution in [-0.2, 0) is 4.79 Å². The monoisotopic (exact) mass is 200 g/mol. The SMILES string of the molecule is CCNCC(=O)N1CCC[C@H]1B(O)O. The minimum absolute atomic E-state index is 0.0533. The van der Waals surface area contributed by atoms with E-state index >= 15 is 0 Å². The molecule has 1 amide bonds. The molecule has 6 heteroatoms. The maximum atomic E-state index is 11.6. The first-order valence-corrected chi connectivity index (χ1v) is 5.03. The van der Waals surface area contributed by atoms with Gasteiger partial charge >= 0.3 is 7.12 Å². The highest BCUT2D eigenvalue weighted by Crippen LogP contribution is 2.17. The summed E-state index contributed by atoms with van der Waals surface area (Å²) in [5.41, 5.74) is 0. The van der Waals surface area contributed by atoms with Crippen LogP contribution in [-0.4, -0.2) is 53.5 Å². The largest absolute Gasteiger partial charge is 0.475 e. The van der Waals surface area contributed by atoms with E-state index in [9.17, 15) is 4.79 Å². The van der Waals surface area contributed by atoms with E-state index in [0.717, 1.165) is 13.0 Å². The van der Waals surface area contributed by atoms with Crippen molar-refractivity contribution in [1.29, 1.82) is 0 Å². The second-order valence-electron chi connectivity index (χ2n) is 3.49. The molecule has 3 N–H and O–H groups in total. The third-order valence-corrected chi connectivity index (χ3v) is 2.49. The second kappa shape index (κ2) is 5.33. The molecule has 0 spiro atoms. The Bertz CT molecular complexity index is 201. The molecule has 0 aromatic rings. The number of carbonyl (C=O) groups excluding carboxylic acids is 1. The Labute approximate surface area is 84.2 Å². The zero-order chi connectivity index (χ0) is 10.6. The molecule has 0 bridgehead atoms. The summed E-state index contributed by atoms with van der Waals surface area (Å²) in [5.74, 6) is -0.469. The molecule has 1 saturated heterocycles. The van der Waals surface area contributed by atoms with Crippen LogP contribution in [0.15, 0.2) is 0 Å². The minimum Gasteiger partial charge on any atom is -0.426 e. The number of nitrogens with one attached hydrogen (secondary N) is 1. The molecule has 80 valence electrons. The van der Waals surface area contributed by atoms with Gasteiger partial charge in [-0.15, -0.1) is 0 Å². The van der Waals surface area contributed by atoms with Gasteiger partial charge in [0.2, 0.25) is 5.91 Å². The van der Waals surface area contributed by atoms with Crippen molar-refractivity contribution in [2.45, 2.75) is 25.7 Å². The molecule has 0 aromatic heterocycles. The van der Waals surface area contributed by atoms with Crippen LogP contribution in [0.1, 0.15) is 19.8 Å². The van der Waals surface area contributed by atoms with E-state index in [1.807, 2.05) is 6.92 Å². The molecule has 1 heterocycles. The first kappa shape index (κ1) is 11.5. The predicted octanol–water partition coefficient (Wildman–Crippen LogP) is -1.40. The van der Waals surface area contributed by atoms with Gasteiger partial charge in [-0.1, -0.05) is 6.92 Å². The summed E-state index contributed by atoms with van der Waals surface area (Å²) in [4.78, 5) is 13.1. The molecule has 1 aliphatic rings. The molecule has 0 unspecified atom stereocenters. The molecule has 0 aliphatic carbocycles. The van der Waals surface area contributed by atoms with Crippen LogP contribution in [0.4, 0.5) is 0 Å². The predicted molar refractivity (Wildman–Crippen MR) is 53.5 cm³/mol. The molecule has 1 atom stereocenters. The fourth-order valence-corrected chi connectivity index (χ4v) is 1.75. The smallest absolute Gasteiger partial charge is 0.426 e. The Kier molecular flexibility index (Phi) is 4.38. The van der Waals surface area contributed by atoms with Gasteiger partial charge in [-0.3, -0.25) is 4.79 Å². The van der Waals surface area contributed by atoms with Crippen molar-refractivity contribution in [2.75, 3.05) is 19.6 Å². The number of carbonyl (C=O) groups is 1. The van der Waals surface area contributed by atoms with E-state index in [0.29, 0.717) is 13.0 Å². The van der Waals surface area contributed by atoms with Gasteiger partial charge in [0.15, 0.2) is 0 Å². The third-order valence-electron chi connectivity index (χ3n) is 2.49. The van der Waals surface area contributed by atoms with E-state index in [4.69, 9.17) is 10.0 Å². The highest BCUT2D eigenvalue weighted by molar-refractivity contribution is 6.43. The average Bonchev–Trinajstić information content (AvgIpc) is 2.62. The average molecular weight is 200 g/mol. The lowest BCUT2D eigenvalue weighted by molar-refractivity contribution is -0.130. The Morgan fingerprint density at radius 3 is 2.93 bits per heavy atom. The molecule has 0 radical (unpaired) electrons. The molecule has 14 heavy (non-hydrogen) atoms. The molecule has 0 aromatic carbocycles. The van der Waals surface area contributed by atoms with Crippen molar-refractivity contribution in [3.63, 3.8) is 0 Å². The molecule has 0 saturated carbocycles. The highest BCUT2D eigenvalue weighted by atomic mass is 16.4. The lowest BCUT2D eigenvalue weighted by Crippen LogP contribution is -2.48. The van der Waals surface area contributed by atoms with Crippen molar-refractivity contribution in [1.82, 2.24) is 10.2 Å². The van der Waals surface area contributed by atoms with Crippen molar-refractivity contribution >= 4 is 13.0 Å². The van der Waals surface area contributed by atoms with E-state index in [2.05, 4.69) is 5.32 Å². The van der Waals surface area contributed by atoms with Gasteiger partial charge in [0.1, 0.15) is 0 Å². The summed E-state index contributed by atoms with van der Waals surface area (Å²) < 4.78 is 0. The second-order valence-corrected chi connectivity index (χ2v) is 3.49. The number of hydrogen-bond donors (Lipinski definition) is 3. The topological polar surface area (TPSA) is 72.8 Å². The first-order valence-electron chi connectivity index (χ1n) is 5.03. The number of nitrogens with zero attached hydrogens (tertiary/aromatic N) is 1. The number of amides is 1. The van der Waals surface area contributed by atoms with Crippen molar-refractivity contribution in [3.8, 4) is 0 Å². The highest BCUT2D eigenvalue weighted by Gasteiger charge is 2.36. The molecule has 1 rings (SSSR count). The molecular weight excluding hydrogens is 183 g/mol. The van der Waals surface area contributed by atoms with Gasteiger partial charge in [-0.25, -0.2) is 0 Å². The van der Waals surface area contributed by atoms with Crippen molar-refractivity contribution in [3.05, 3.63) is 0 Å². The summed E-state index contributed by atoms with van der Waals surface area (Å²) in [7, 11) is -1.41. The van der Waals surface area contributed by atoms with Crippen molar-refractivity contribution < 1.29 is 14.8 Å².